The molecule has 2 N–H and O–H groups in total. The van der Waals surface area contributed by atoms with Crippen molar-refractivity contribution in [1.82, 2.24) is 0 Å². The predicted octanol–water partition coefficient (Wildman–Crippen LogP) is 2.73. The first kappa shape index (κ1) is 16.2. The van der Waals surface area contributed by atoms with Crippen LogP contribution in [0.25, 0.3) is 0 Å². The molecule has 7 heteroatoms. The quantitative estimate of drug-likeness (QED) is 0.515. The summed E-state index contributed by atoms with van der Waals surface area (Å²) in [6.45, 7) is 2.01. The summed E-state index contributed by atoms with van der Waals surface area (Å²) in [5.41, 5.74) is 1.63. The number of non-ortho nitro benzene ring substituents is 1. The smallest absolute Gasteiger partial charge is 0.314 e. The Morgan fingerprint density at radius 3 is 2.17 bits per heavy atom. The minimum absolute atomic E-state index is 0.168. The number of carbonyl (C=O) groups excluding carboxylic acids is 2. The van der Waals surface area contributed by atoms with Gasteiger partial charge < -0.3 is 10.6 Å². The van der Waals surface area contributed by atoms with Crippen molar-refractivity contribution in [3.05, 3.63) is 64.2 Å². The molecule has 2 aromatic carbocycles. The molecule has 0 saturated carbocycles. The molecule has 0 bridgehead atoms. The van der Waals surface area contributed by atoms with E-state index in [1.165, 1.54) is 24.3 Å². The van der Waals surface area contributed by atoms with E-state index >= 15 is 0 Å². The van der Waals surface area contributed by atoms with Crippen LogP contribution in [0.15, 0.2) is 48.5 Å². The van der Waals surface area contributed by atoms with Crippen molar-refractivity contribution in [3.63, 3.8) is 0 Å². The van der Waals surface area contributed by atoms with E-state index in [0.29, 0.717) is 5.69 Å². The van der Waals surface area contributed by atoms with Crippen LogP contribution in [-0.2, 0) is 16.0 Å². The maximum Gasteiger partial charge on any atom is 0.314 e. The maximum absolute atomic E-state index is 11.8. The number of anilines is 2. The van der Waals surface area contributed by atoms with Crippen LogP contribution in [0.5, 0.6) is 0 Å². The lowest BCUT2D eigenvalue weighted by Crippen LogP contribution is -2.29. The molecular weight excluding hydrogens is 298 g/mol. The van der Waals surface area contributed by atoms with Gasteiger partial charge in [0.25, 0.3) is 5.69 Å². The summed E-state index contributed by atoms with van der Waals surface area (Å²) in [5.74, 6) is -1.74. The summed E-state index contributed by atoms with van der Waals surface area (Å²) in [4.78, 5) is 33.8. The first-order chi connectivity index (χ1) is 11.0. The van der Waals surface area contributed by atoms with E-state index in [9.17, 15) is 19.7 Å². The fourth-order valence-corrected chi connectivity index (χ4v) is 1.90. The third-order valence-electron chi connectivity index (χ3n) is 3.14. The monoisotopic (exact) mass is 313 g/mol. The zero-order valence-corrected chi connectivity index (χ0v) is 12.4. The van der Waals surface area contributed by atoms with Crippen molar-refractivity contribution in [1.29, 1.82) is 0 Å². The van der Waals surface area contributed by atoms with E-state index in [0.717, 1.165) is 12.0 Å². The molecule has 2 amide bonds. The van der Waals surface area contributed by atoms with Gasteiger partial charge in [-0.05, 0) is 30.2 Å². The molecular formula is C16H15N3O4. The highest BCUT2D eigenvalue weighted by molar-refractivity contribution is 6.43. The van der Waals surface area contributed by atoms with Gasteiger partial charge in [0.15, 0.2) is 0 Å². The lowest BCUT2D eigenvalue weighted by molar-refractivity contribution is -0.384. The van der Waals surface area contributed by atoms with Crippen LogP contribution in [0.4, 0.5) is 17.1 Å². The molecule has 0 fully saturated rings. The predicted molar refractivity (Wildman–Crippen MR) is 86.2 cm³/mol. The number of nitrogens with one attached hydrogen (secondary N) is 2. The average molecular weight is 313 g/mol. The molecule has 118 valence electrons. The number of nitro benzene ring substituents is 1. The number of nitrogens with zero attached hydrogens (tertiary/aromatic N) is 1. The van der Waals surface area contributed by atoms with Crippen LogP contribution in [0.2, 0.25) is 0 Å². The second-order valence-corrected chi connectivity index (χ2v) is 4.77. The molecule has 0 radical (unpaired) electrons. The van der Waals surface area contributed by atoms with Crippen LogP contribution in [-0.4, -0.2) is 16.7 Å². The molecule has 2 rings (SSSR count). The first-order valence-corrected chi connectivity index (χ1v) is 6.95. The van der Waals surface area contributed by atoms with Crippen molar-refractivity contribution >= 4 is 28.9 Å². The number of amides is 2. The molecule has 7 nitrogen and oxygen atoms in total. The highest BCUT2D eigenvalue weighted by Gasteiger charge is 2.15. The number of aryl methyl sites for hydroxylation is 1. The van der Waals surface area contributed by atoms with Gasteiger partial charge in [-0.1, -0.05) is 25.1 Å². The number of rotatable bonds is 4. The molecule has 23 heavy (non-hydrogen) atoms. The van der Waals surface area contributed by atoms with Crippen LogP contribution in [0.3, 0.4) is 0 Å². The third-order valence-corrected chi connectivity index (χ3v) is 3.14. The van der Waals surface area contributed by atoms with Gasteiger partial charge in [0.2, 0.25) is 0 Å². The molecule has 0 heterocycles. The van der Waals surface area contributed by atoms with Crippen molar-refractivity contribution in [2.24, 2.45) is 0 Å². The number of carbonyl (C=O) groups is 2. The minimum Gasteiger partial charge on any atom is -0.318 e. The van der Waals surface area contributed by atoms with E-state index in [1.807, 2.05) is 19.1 Å². The van der Waals surface area contributed by atoms with Gasteiger partial charge >= 0.3 is 11.8 Å². The van der Waals surface area contributed by atoms with Gasteiger partial charge in [0.05, 0.1) is 4.92 Å². The Morgan fingerprint density at radius 1 is 1.00 bits per heavy atom. The molecule has 0 spiro atoms. The molecule has 0 aliphatic carbocycles. The van der Waals surface area contributed by atoms with Gasteiger partial charge in [0.1, 0.15) is 0 Å². The second-order valence-electron chi connectivity index (χ2n) is 4.77. The fraction of sp³-hybridized carbons (Fsp3) is 0.125. The van der Waals surface area contributed by atoms with Gasteiger partial charge in [0, 0.05) is 23.5 Å². The summed E-state index contributed by atoms with van der Waals surface area (Å²) >= 11 is 0. The standard InChI is InChI=1S/C16H15N3O4/c1-2-11-6-8-12(9-7-11)17-15(20)16(21)18-13-4-3-5-14(10-13)19(22)23/h3-10H,2H2,1H3,(H,17,20)(H,18,21). The summed E-state index contributed by atoms with van der Waals surface area (Å²) in [7, 11) is 0. The molecule has 0 aromatic heterocycles. The van der Waals surface area contributed by atoms with E-state index < -0.39 is 16.7 Å². The van der Waals surface area contributed by atoms with E-state index in [4.69, 9.17) is 0 Å². The second kappa shape index (κ2) is 7.17. The topological polar surface area (TPSA) is 101 Å². The van der Waals surface area contributed by atoms with Crippen molar-refractivity contribution < 1.29 is 14.5 Å². The maximum atomic E-state index is 11.8. The van der Waals surface area contributed by atoms with Gasteiger partial charge in [-0.25, -0.2) is 0 Å². The molecule has 0 atom stereocenters. The van der Waals surface area contributed by atoms with E-state index in [2.05, 4.69) is 10.6 Å². The average Bonchev–Trinajstić information content (AvgIpc) is 2.55. The van der Waals surface area contributed by atoms with E-state index in [1.54, 1.807) is 12.1 Å². The zero-order chi connectivity index (χ0) is 16.8. The Balaban J connectivity index is 2.00. The molecule has 0 unspecified atom stereocenters. The van der Waals surface area contributed by atoms with Crippen LogP contribution < -0.4 is 10.6 Å². The molecule has 2 aromatic rings. The Hall–Kier alpha value is -3.22. The Bertz CT molecular complexity index is 741. The van der Waals surface area contributed by atoms with Crippen LogP contribution >= 0.6 is 0 Å². The van der Waals surface area contributed by atoms with Crippen LogP contribution in [0.1, 0.15) is 12.5 Å². The number of hydrogen-bond acceptors (Lipinski definition) is 4. The van der Waals surface area contributed by atoms with Crippen molar-refractivity contribution in [3.8, 4) is 0 Å². The third kappa shape index (κ3) is 4.37. The number of hydrogen-bond donors (Lipinski definition) is 2. The summed E-state index contributed by atoms with van der Waals surface area (Å²) in [5, 5.41) is 15.5. The Kier molecular flexibility index (Phi) is 5.03. The van der Waals surface area contributed by atoms with Crippen LogP contribution in [0, 0.1) is 10.1 Å². The molecule has 0 saturated heterocycles. The van der Waals surface area contributed by atoms with Crippen molar-refractivity contribution in [2.75, 3.05) is 10.6 Å². The Labute approximate surface area is 132 Å². The summed E-state index contributed by atoms with van der Waals surface area (Å²) in [6.07, 6.45) is 0.876. The summed E-state index contributed by atoms with van der Waals surface area (Å²) in [6, 6.07) is 12.5. The molecule has 0 aliphatic rings. The zero-order valence-electron chi connectivity index (χ0n) is 12.4. The van der Waals surface area contributed by atoms with E-state index in [-0.39, 0.29) is 11.4 Å². The fourth-order valence-electron chi connectivity index (χ4n) is 1.90. The lowest BCUT2D eigenvalue weighted by Gasteiger charge is -2.07. The van der Waals surface area contributed by atoms with Gasteiger partial charge in [-0.2, -0.15) is 0 Å². The minimum atomic E-state index is -0.898. The normalized spacial score (nSPS) is 9.96. The number of nitro groups is 1. The SMILES string of the molecule is CCc1ccc(NC(=O)C(=O)Nc2cccc([N+](=O)[O-])c2)cc1. The highest BCUT2D eigenvalue weighted by Crippen LogP contribution is 2.17. The summed E-state index contributed by atoms with van der Waals surface area (Å²) < 4.78 is 0. The number of benzene rings is 2. The van der Waals surface area contributed by atoms with Gasteiger partial charge in [-0.3, -0.25) is 19.7 Å². The highest BCUT2D eigenvalue weighted by atomic mass is 16.6. The van der Waals surface area contributed by atoms with Gasteiger partial charge in [-0.15, -0.1) is 0 Å². The van der Waals surface area contributed by atoms with Crippen molar-refractivity contribution in [2.45, 2.75) is 13.3 Å². The first-order valence-electron chi connectivity index (χ1n) is 6.95. The molecule has 0 aliphatic heterocycles. The Morgan fingerprint density at radius 2 is 1.61 bits per heavy atom. The lowest BCUT2D eigenvalue weighted by atomic mass is 10.1. The largest absolute Gasteiger partial charge is 0.318 e.